The Bertz CT molecular complexity index is 1130. The number of pyridine rings is 1. The van der Waals surface area contributed by atoms with Gasteiger partial charge in [-0.2, -0.15) is 0 Å². The molecular formula is C25H26N4O2. The molecule has 6 heteroatoms. The molecule has 158 valence electrons. The van der Waals surface area contributed by atoms with Crippen LogP contribution in [0.1, 0.15) is 26.0 Å². The van der Waals surface area contributed by atoms with Crippen molar-refractivity contribution in [3.8, 4) is 33.9 Å². The van der Waals surface area contributed by atoms with Gasteiger partial charge in [0.05, 0.1) is 25.2 Å². The highest BCUT2D eigenvalue weighted by molar-refractivity contribution is 5.65. The molecule has 1 unspecified atom stereocenters. The number of methoxy groups -OCH3 is 1. The molecule has 0 fully saturated rings. The second kappa shape index (κ2) is 9.71. The third-order valence-electron chi connectivity index (χ3n) is 4.88. The Labute approximate surface area is 182 Å². The first-order valence-electron chi connectivity index (χ1n) is 9.60. The van der Waals surface area contributed by atoms with E-state index in [4.69, 9.17) is 4.74 Å². The molecular weight excluding hydrogens is 388 g/mol. The maximum Gasteiger partial charge on any atom is 0.161 e. The van der Waals surface area contributed by atoms with E-state index < -0.39 is 0 Å². The van der Waals surface area contributed by atoms with E-state index in [1.807, 2.05) is 18.3 Å². The van der Waals surface area contributed by atoms with Crippen molar-refractivity contribution in [3.63, 3.8) is 0 Å². The van der Waals surface area contributed by atoms with Crippen molar-refractivity contribution in [1.82, 2.24) is 15.0 Å². The fraction of sp³-hybridized carbons (Fsp3) is 0.160. The summed E-state index contributed by atoms with van der Waals surface area (Å²) in [5.74, 6) is 1.16. The lowest BCUT2D eigenvalue weighted by atomic mass is 10.0. The molecule has 0 bridgehead atoms. The maximum absolute atomic E-state index is 9.80. The Kier molecular flexibility index (Phi) is 6.82. The summed E-state index contributed by atoms with van der Waals surface area (Å²) < 4.78 is 5.18. The van der Waals surface area contributed by atoms with Crippen LogP contribution >= 0.6 is 0 Å². The van der Waals surface area contributed by atoms with Gasteiger partial charge in [0.25, 0.3) is 0 Å². The SMILES string of the molecule is C.COc1cc(-c2cncc(NC(C)c3ccc(-c4cccnc4)cc3)n2)ccc1O. The summed E-state index contributed by atoms with van der Waals surface area (Å²) >= 11 is 0. The number of anilines is 1. The largest absolute Gasteiger partial charge is 0.504 e. The van der Waals surface area contributed by atoms with Crippen LogP contribution in [0.3, 0.4) is 0 Å². The van der Waals surface area contributed by atoms with Crippen molar-refractivity contribution in [2.75, 3.05) is 12.4 Å². The summed E-state index contributed by atoms with van der Waals surface area (Å²) in [7, 11) is 1.52. The average molecular weight is 415 g/mol. The Hall–Kier alpha value is -3.93. The molecule has 0 aliphatic rings. The Morgan fingerprint density at radius 2 is 1.68 bits per heavy atom. The number of phenolic OH excluding ortho intramolecular Hbond substituents is 1. The Morgan fingerprint density at radius 1 is 0.903 bits per heavy atom. The van der Waals surface area contributed by atoms with Gasteiger partial charge in [-0.05, 0) is 47.9 Å². The van der Waals surface area contributed by atoms with Crippen LogP contribution in [0, 0.1) is 0 Å². The van der Waals surface area contributed by atoms with Gasteiger partial charge < -0.3 is 15.2 Å². The normalized spacial score (nSPS) is 11.3. The van der Waals surface area contributed by atoms with E-state index in [9.17, 15) is 5.11 Å². The van der Waals surface area contributed by atoms with Crippen LogP contribution in [0.5, 0.6) is 11.5 Å². The van der Waals surface area contributed by atoms with Crippen LogP contribution in [-0.2, 0) is 0 Å². The van der Waals surface area contributed by atoms with Gasteiger partial charge in [-0.1, -0.05) is 37.8 Å². The van der Waals surface area contributed by atoms with Crippen LogP contribution in [0.15, 0.2) is 79.4 Å². The number of hydrogen-bond acceptors (Lipinski definition) is 6. The fourth-order valence-corrected chi connectivity index (χ4v) is 3.21. The lowest BCUT2D eigenvalue weighted by molar-refractivity contribution is 0.373. The third-order valence-corrected chi connectivity index (χ3v) is 4.88. The summed E-state index contributed by atoms with van der Waals surface area (Å²) in [4.78, 5) is 13.1. The van der Waals surface area contributed by atoms with Gasteiger partial charge in [0.15, 0.2) is 11.5 Å². The lowest BCUT2D eigenvalue weighted by Crippen LogP contribution is -2.08. The van der Waals surface area contributed by atoms with Gasteiger partial charge in [-0.25, -0.2) is 4.98 Å². The summed E-state index contributed by atoms with van der Waals surface area (Å²) in [5, 5.41) is 13.2. The van der Waals surface area contributed by atoms with Crippen molar-refractivity contribution in [2.24, 2.45) is 0 Å². The van der Waals surface area contributed by atoms with Gasteiger partial charge in [0.1, 0.15) is 5.82 Å². The fourth-order valence-electron chi connectivity index (χ4n) is 3.21. The van der Waals surface area contributed by atoms with Crippen LogP contribution in [0.4, 0.5) is 5.82 Å². The van der Waals surface area contributed by atoms with Crippen LogP contribution in [-0.4, -0.2) is 27.2 Å². The van der Waals surface area contributed by atoms with Crippen LogP contribution < -0.4 is 10.1 Å². The number of aromatic nitrogens is 3. The molecule has 0 amide bonds. The predicted molar refractivity (Wildman–Crippen MR) is 124 cm³/mol. The highest BCUT2D eigenvalue weighted by Crippen LogP contribution is 2.31. The first kappa shape index (κ1) is 21.8. The number of hydrogen-bond donors (Lipinski definition) is 2. The quantitative estimate of drug-likeness (QED) is 0.419. The molecule has 0 saturated carbocycles. The zero-order valence-corrected chi connectivity index (χ0v) is 16.8. The van der Waals surface area contributed by atoms with E-state index in [-0.39, 0.29) is 19.2 Å². The Morgan fingerprint density at radius 3 is 2.39 bits per heavy atom. The van der Waals surface area contributed by atoms with Crippen molar-refractivity contribution in [2.45, 2.75) is 20.4 Å². The van der Waals surface area contributed by atoms with E-state index in [1.165, 1.54) is 7.11 Å². The first-order valence-corrected chi connectivity index (χ1v) is 9.60. The summed E-state index contributed by atoms with van der Waals surface area (Å²) in [6.07, 6.45) is 7.01. The molecule has 0 saturated heterocycles. The molecule has 2 heterocycles. The van der Waals surface area contributed by atoms with Gasteiger partial charge in [0.2, 0.25) is 0 Å². The van der Waals surface area contributed by atoms with E-state index in [2.05, 4.69) is 51.5 Å². The second-order valence-electron chi connectivity index (χ2n) is 6.91. The second-order valence-corrected chi connectivity index (χ2v) is 6.91. The minimum atomic E-state index is 0. The highest BCUT2D eigenvalue weighted by atomic mass is 16.5. The van der Waals surface area contributed by atoms with Crippen molar-refractivity contribution in [1.29, 1.82) is 0 Å². The molecule has 4 aromatic rings. The first-order chi connectivity index (χ1) is 14.6. The summed E-state index contributed by atoms with van der Waals surface area (Å²) in [6.45, 7) is 2.08. The topological polar surface area (TPSA) is 80.2 Å². The predicted octanol–water partition coefficient (Wildman–Crippen LogP) is 5.73. The monoisotopic (exact) mass is 414 g/mol. The van der Waals surface area contributed by atoms with Gasteiger partial charge in [-0.15, -0.1) is 0 Å². The molecule has 0 radical (unpaired) electrons. The third kappa shape index (κ3) is 4.98. The molecule has 1 atom stereocenters. The van der Waals surface area contributed by atoms with Gasteiger partial charge in [0, 0.05) is 24.0 Å². The molecule has 2 N–H and O–H groups in total. The molecule has 0 aliphatic heterocycles. The highest BCUT2D eigenvalue weighted by Gasteiger charge is 2.10. The lowest BCUT2D eigenvalue weighted by Gasteiger charge is -2.16. The van der Waals surface area contributed by atoms with E-state index in [0.29, 0.717) is 17.3 Å². The molecule has 0 aliphatic carbocycles. The molecule has 2 aromatic heterocycles. The maximum atomic E-state index is 9.80. The minimum absolute atomic E-state index is 0. The number of nitrogens with zero attached hydrogens (tertiary/aromatic N) is 3. The van der Waals surface area contributed by atoms with Gasteiger partial charge >= 0.3 is 0 Å². The summed E-state index contributed by atoms with van der Waals surface area (Å²) in [5.41, 5.74) is 4.86. The number of nitrogens with one attached hydrogen (secondary N) is 1. The van der Waals surface area contributed by atoms with E-state index in [1.54, 1.807) is 36.8 Å². The van der Waals surface area contributed by atoms with Crippen molar-refractivity contribution < 1.29 is 9.84 Å². The number of phenols is 1. The van der Waals surface area contributed by atoms with Gasteiger partial charge in [-0.3, -0.25) is 9.97 Å². The number of benzene rings is 2. The van der Waals surface area contributed by atoms with Crippen molar-refractivity contribution >= 4 is 5.82 Å². The average Bonchev–Trinajstić information content (AvgIpc) is 2.80. The molecule has 4 rings (SSSR count). The molecule has 6 nitrogen and oxygen atoms in total. The van der Waals surface area contributed by atoms with Crippen LogP contribution in [0.2, 0.25) is 0 Å². The van der Waals surface area contributed by atoms with Crippen molar-refractivity contribution in [3.05, 3.63) is 84.9 Å². The Balaban J connectivity index is 0.00000272. The zero-order valence-electron chi connectivity index (χ0n) is 16.8. The number of ether oxygens (including phenoxy) is 1. The standard InChI is InChI=1S/C24H22N4O2.CH4/c1-16(17-5-7-18(8-6-17)20-4-3-11-25-13-20)27-24-15-26-14-21(28-24)19-9-10-22(29)23(12-19)30-2;/h3-16,29H,1-2H3,(H,27,28);1H4. The zero-order chi connectivity index (χ0) is 20.9. The summed E-state index contributed by atoms with van der Waals surface area (Å²) in [6, 6.07) is 17.5. The van der Waals surface area contributed by atoms with E-state index >= 15 is 0 Å². The molecule has 31 heavy (non-hydrogen) atoms. The smallest absolute Gasteiger partial charge is 0.161 e. The molecule has 2 aromatic carbocycles. The number of aromatic hydroxyl groups is 1. The number of rotatable bonds is 6. The van der Waals surface area contributed by atoms with E-state index in [0.717, 1.165) is 22.3 Å². The molecule has 0 spiro atoms. The van der Waals surface area contributed by atoms with Crippen LogP contribution in [0.25, 0.3) is 22.4 Å². The minimum Gasteiger partial charge on any atom is -0.504 e.